The first-order chi connectivity index (χ1) is 14.1. The van der Waals surface area contributed by atoms with E-state index in [-0.39, 0.29) is 11.4 Å². The molecule has 158 valence electrons. The minimum atomic E-state index is -3.65. The van der Waals surface area contributed by atoms with E-state index in [1.54, 1.807) is 18.3 Å². The summed E-state index contributed by atoms with van der Waals surface area (Å²) >= 11 is 0. The molecule has 1 saturated heterocycles. The Balaban J connectivity index is 1.61. The maximum Gasteiger partial charge on any atom is 0.240 e. The number of ether oxygens (including phenoxy) is 3. The Morgan fingerprint density at radius 3 is 2.62 bits per heavy atom. The molecular weight excluding hydrogens is 394 g/mol. The number of morpholine rings is 1. The van der Waals surface area contributed by atoms with Gasteiger partial charge in [-0.15, -0.1) is 0 Å². The number of sulfonamides is 1. The Bertz CT molecular complexity index is 868. The molecule has 1 N–H and O–H groups in total. The van der Waals surface area contributed by atoms with E-state index < -0.39 is 10.0 Å². The molecule has 1 fully saturated rings. The Labute approximate surface area is 171 Å². The molecule has 1 aliphatic heterocycles. The van der Waals surface area contributed by atoms with Crippen molar-refractivity contribution in [3.05, 3.63) is 48.2 Å². The average molecular weight is 422 g/mol. The summed E-state index contributed by atoms with van der Waals surface area (Å²) in [6.45, 7) is 6.39. The number of anilines is 1. The van der Waals surface area contributed by atoms with Crippen LogP contribution in [0.1, 0.15) is 12.5 Å². The van der Waals surface area contributed by atoms with Crippen LogP contribution in [0.15, 0.2) is 47.5 Å². The molecule has 3 rings (SSSR count). The van der Waals surface area contributed by atoms with Gasteiger partial charge in [0.2, 0.25) is 10.0 Å². The average Bonchev–Trinajstić information content (AvgIpc) is 2.76. The van der Waals surface area contributed by atoms with Gasteiger partial charge in [0.15, 0.2) is 0 Å². The molecule has 0 aliphatic carbocycles. The molecule has 2 heterocycles. The van der Waals surface area contributed by atoms with Crippen molar-refractivity contribution in [2.24, 2.45) is 0 Å². The number of hydrogen-bond acceptors (Lipinski definition) is 7. The quantitative estimate of drug-likeness (QED) is 0.585. The number of nitrogens with one attached hydrogen (secondary N) is 1. The molecule has 0 spiro atoms. The van der Waals surface area contributed by atoms with Gasteiger partial charge in [-0.05, 0) is 37.3 Å². The van der Waals surface area contributed by atoms with Gasteiger partial charge in [0.25, 0.3) is 0 Å². The summed E-state index contributed by atoms with van der Waals surface area (Å²) in [5, 5.41) is 0. The number of benzene rings is 1. The van der Waals surface area contributed by atoms with Gasteiger partial charge in [0.1, 0.15) is 18.2 Å². The van der Waals surface area contributed by atoms with Crippen LogP contribution in [0, 0.1) is 0 Å². The van der Waals surface area contributed by atoms with Crippen molar-refractivity contribution in [2.45, 2.75) is 18.4 Å². The molecule has 0 saturated carbocycles. The highest BCUT2D eigenvalue weighted by atomic mass is 32.2. The minimum Gasteiger partial charge on any atom is -0.491 e. The molecule has 0 radical (unpaired) electrons. The number of aromatic nitrogens is 1. The van der Waals surface area contributed by atoms with Crippen molar-refractivity contribution in [2.75, 3.05) is 51.0 Å². The Morgan fingerprint density at radius 2 is 1.90 bits per heavy atom. The van der Waals surface area contributed by atoms with E-state index >= 15 is 0 Å². The number of rotatable bonds is 10. The van der Waals surface area contributed by atoms with Gasteiger partial charge >= 0.3 is 0 Å². The Kier molecular flexibility index (Phi) is 7.82. The summed E-state index contributed by atoms with van der Waals surface area (Å²) in [7, 11) is -3.65. The van der Waals surface area contributed by atoms with Gasteiger partial charge < -0.3 is 19.1 Å². The normalized spacial score (nSPS) is 14.7. The van der Waals surface area contributed by atoms with Gasteiger partial charge in [0, 0.05) is 38.0 Å². The highest BCUT2D eigenvalue weighted by Crippen LogP contribution is 2.20. The third kappa shape index (κ3) is 6.14. The van der Waals surface area contributed by atoms with E-state index in [2.05, 4.69) is 14.6 Å². The molecule has 0 unspecified atom stereocenters. The van der Waals surface area contributed by atoms with Crippen LogP contribution in [-0.4, -0.2) is 59.5 Å². The van der Waals surface area contributed by atoms with Crippen LogP contribution >= 0.6 is 0 Å². The molecule has 1 aliphatic rings. The SMILES string of the molecule is CCOCCOc1ccc(S(=O)(=O)NCc2cccnc2N2CCOCC2)cc1. The lowest BCUT2D eigenvalue weighted by molar-refractivity contribution is 0.110. The fraction of sp³-hybridized carbons (Fsp3) is 0.450. The lowest BCUT2D eigenvalue weighted by Gasteiger charge is -2.29. The predicted octanol–water partition coefficient (Wildman–Crippen LogP) is 1.81. The molecule has 2 aromatic rings. The van der Waals surface area contributed by atoms with E-state index in [1.165, 1.54) is 12.1 Å². The molecule has 1 aromatic carbocycles. The topological polar surface area (TPSA) is 90.0 Å². The molecule has 0 amide bonds. The van der Waals surface area contributed by atoms with Crippen molar-refractivity contribution < 1.29 is 22.6 Å². The highest BCUT2D eigenvalue weighted by molar-refractivity contribution is 7.89. The first-order valence-corrected chi connectivity index (χ1v) is 11.2. The van der Waals surface area contributed by atoms with Gasteiger partial charge in [-0.2, -0.15) is 0 Å². The summed E-state index contributed by atoms with van der Waals surface area (Å²) < 4.78 is 44.1. The molecule has 9 heteroatoms. The smallest absolute Gasteiger partial charge is 0.240 e. The number of pyridine rings is 1. The van der Waals surface area contributed by atoms with Crippen molar-refractivity contribution in [1.82, 2.24) is 9.71 Å². The van der Waals surface area contributed by atoms with Crippen molar-refractivity contribution >= 4 is 15.8 Å². The third-order valence-corrected chi connectivity index (χ3v) is 5.88. The predicted molar refractivity (Wildman–Crippen MR) is 110 cm³/mol. The van der Waals surface area contributed by atoms with Crippen LogP contribution < -0.4 is 14.4 Å². The van der Waals surface area contributed by atoms with Crippen LogP contribution in [0.2, 0.25) is 0 Å². The summed E-state index contributed by atoms with van der Waals surface area (Å²) in [5.41, 5.74) is 0.828. The van der Waals surface area contributed by atoms with Crippen LogP contribution in [0.5, 0.6) is 5.75 Å². The van der Waals surface area contributed by atoms with Gasteiger partial charge in [-0.3, -0.25) is 0 Å². The van der Waals surface area contributed by atoms with Crippen molar-refractivity contribution in [1.29, 1.82) is 0 Å². The zero-order valence-corrected chi connectivity index (χ0v) is 17.4. The number of hydrogen-bond donors (Lipinski definition) is 1. The van der Waals surface area contributed by atoms with Crippen LogP contribution in [0.3, 0.4) is 0 Å². The summed E-state index contributed by atoms with van der Waals surface area (Å²) in [5.74, 6) is 1.39. The van der Waals surface area contributed by atoms with Crippen molar-refractivity contribution in [3.8, 4) is 5.75 Å². The van der Waals surface area contributed by atoms with E-state index in [9.17, 15) is 8.42 Å². The van der Waals surface area contributed by atoms with E-state index in [1.807, 2.05) is 19.1 Å². The van der Waals surface area contributed by atoms with Gasteiger partial charge in [0.05, 0.1) is 24.7 Å². The maximum atomic E-state index is 12.7. The van der Waals surface area contributed by atoms with Gasteiger partial charge in [-0.1, -0.05) is 6.07 Å². The molecular formula is C20H27N3O5S. The first kappa shape index (κ1) is 21.5. The zero-order valence-electron chi connectivity index (χ0n) is 16.5. The molecule has 0 atom stereocenters. The lowest BCUT2D eigenvalue weighted by Crippen LogP contribution is -2.37. The zero-order chi connectivity index (χ0) is 20.5. The maximum absolute atomic E-state index is 12.7. The van der Waals surface area contributed by atoms with Crippen LogP contribution in [0.25, 0.3) is 0 Å². The summed E-state index contributed by atoms with van der Waals surface area (Å²) in [4.78, 5) is 6.74. The fourth-order valence-corrected chi connectivity index (χ4v) is 3.97. The first-order valence-electron chi connectivity index (χ1n) is 9.67. The molecule has 8 nitrogen and oxygen atoms in total. The Morgan fingerprint density at radius 1 is 1.14 bits per heavy atom. The summed E-state index contributed by atoms with van der Waals surface area (Å²) in [6, 6.07) is 10.0. The fourth-order valence-electron chi connectivity index (χ4n) is 2.96. The largest absolute Gasteiger partial charge is 0.491 e. The van der Waals surface area contributed by atoms with Crippen LogP contribution in [-0.2, 0) is 26.0 Å². The second kappa shape index (κ2) is 10.5. The molecule has 1 aromatic heterocycles. The number of nitrogens with zero attached hydrogens (tertiary/aromatic N) is 2. The molecule has 29 heavy (non-hydrogen) atoms. The lowest BCUT2D eigenvalue weighted by atomic mass is 10.2. The summed E-state index contributed by atoms with van der Waals surface area (Å²) in [6.07, 6.45) is 1.72. The van der Waals surface area contributed by atoms with E-state index in [4.69, 9.17) is 14.2 Å². The van der Waals surface area contributed by atoms with Crippen molar-refractivity contribution in [3.63, 3.8) is 0 Å². The highest BCUT2D eigenvalue weighted by Gasteiger charge is 2.18. The second-order valence-corrected chi connectivity index (χ2v) is 8.19. The standard InChI is InChI=1S/C20H27N3O5S/c1-2-26-14-15-28-18-5-7-19(8-6-18)29(24,25)22-16-17-4-3-9-21-20(17)23-10-12-27-13-11-23/h3-9,22H,2,10-16H2,1H3. The monoisotopic (exact) mass is 421 g/mol. The second-order valence-electron chi connectivity index (χ2n) is 6.43. The molecule has 0 bridgehead atoms. The third-order valence-electron chi connectivity index (χ3n) is 4.47. The van der Waals surface area contributed by atoms with E-state index in [0.29, 0.717) is 38.8 Å². The minimum absolute atomic E-state index is 0.162. The van der Waals surface area contributed by atoms with E-state index in [0.717, 1.165) is 24.5 Å². The van der Waals surface area contributed by atoms with Crippen LogP contribution in [0.4, 0.5) is 5.82 Å². The Hall–Kier alpha value is -2.20. The van der Waals surface area contributed by atoms with Gasteiger partial charge in [-0.25, -0.2) is 18.1 Å².